The number of rotatable bonds is 3. The fraction of sp³-hybridized carbons (Fsp3) is 0.229. The van der Waals surface area contributed by atoms with Crippen molar-refractivity contribution in [3.63, 3.8) is 0 Å². The maximum Gasteiger partial charge on any atom is 0.380 e. The molecule has 0 unspecified atom stereocenters. The lowest BCUT2D eigenvalue weighted by molar-refractivity contribution is -0.258. The summed E-state index contributed by atoms with van der Waals surface area (Å²) >= 11 is 2.42. The minimum Gasteiger partial charge on any atom is -0.289 e. The minimum absolute atomic E-state index is 0.186. The topological polar surface area (TPSA) is 17.1 Å². The van der Waals surface area contributed by atoms with Crippen LogP contribution in [0.2, 0.25) is 0 Å². The SMILES string of the molecule is CC1=CC2=C3C(=C4C=C(/C(=C\C=C5/C(=O)C=Cc6ccccc65)c5ccccc5)S[C@]4(C)[C@@]2(C)S1)C(F)(F)C(F)(F)C3(F)F. The predicted molar refractivity (Wildman–Crippen MR) is 166 cm³/mol. The van der Waals surface area contributed by atoms with Crippen molar-refractivity contribution in [3.8, 4) is 0 Å². The number of fused-ring (bicyclic) bond motifs is 5. The molecule has 0 bridgehead atoms. The molecule has 2 heterocycles. The van der Waals surface area contributed by atoms with Crippen LogP contribution in [0.3, 0.4) is 0 Å². The highest BCUT2D eigenvalue weighted by Gasteiger charge is 2.84. The van der Waals surface area contributed by atoms with Crippen molar-refractivity contribution in [1.82, 2.24) is 0 Å². The Morgan fingerprint density at radius 1 is 0.750 bits per heavy atom. The molecule has 2 aliphatic heterocycles. The van der Waals surface area contributed by atoms with Crippen molar-refractivity contribution in [2.45, 2.75) is 48.0 Å². The lowest BCUT2D eigenvalue weighted by atomic mass is 9.71. The van der Waals surface area contributed by atoms with E-state index in [9.17, 15) is 13.6 Å². The zero-order chi connectivity index (χ0) is 31.4. The largest absolute Gasteiger partial charge is 0.380 e. The maximum absolute atomic E-state index is 15.6. The van der Waals surface area contributed by atoms with E-state index in [1.807, 2.05) is 42.5 Å². The van der Waals surface area contributed by atoms with E-state index in [1.54, 1.807) is 51.1 Å². The standard InChI is InChI=1S/C35H24F6OS2/c1-19-17-25-29-30(34(38,39)35(40,41)33(29,36)37)26-18-28(44-32(26,3)31(25,2)43-19)23(20-9-5-4-6-10-20)14-15-24-22-12-8-7-11-21(22)13-16-27(24)42/h4-18H,1-3H3/b23-14-,24-15-/t31-,32-/m0/s1. The molecule has 2 atom stereocenters. The number of hydrogen-bond acceptors (Lipinski definition) is 3. The van der Waals surface area contributed by atoms with Gasteiger partial charge in [-0.05, 0) is 83.4 Å². The molecule has 0 aromatic heterocycles. The van der Waals surface area contributed by atoms with Gasteiger partial charge in [-0.3, -0.25) is 4.79 Å². The lowest BCUT2D eigenvalue weighted by Crippen LogP contribution is -2.48. The summed E-state index contributed by atoms with van der Waals surface area (Å²) in [5.41, 5.74) is 0.274. The summed E-state index contributed by atoms with van der Waals surface area (Å²) in [5, 5.41) is 0. The summed E-state index contributed by atoms with van der Waals surface area (Å²) in [6.45, 7) is 4.99. The molecule has 1 saturated carbocycles. The number of ketones is 1. The van der Waals surface area contributed by atoms with E-state index >= 15 is 17.6 Å². The van der Waals surface area contributed by atoms with E-state index < -0.39 is 38.4 Å². The molecule has 0 radical (unpaired) electrons. The Morgan fingerprint density at radius 3 is 2.02 bits per heavy atom. The summed E-state index contributed by atoms with van der Waals surface area (Å²) in [7, 11) is 0. The summed E-state index contributed by atoms with van der Waals surface area (Å²) in [4.78, 5) is 14.0. The third-order valence-electron chi connectivity index (χ3n) is 9.14. The first kappa shape index (κ1) is 29.3. The van der Waals surface area contributed by atoms with Crippen LogP contribution in [-0.4, -0.2) is 33.0 Å². The fourth-order valence-corrected chi connectivity index (χ4v) is 9.90. The van der Waals surface area contributed by atoms with Gasteiger partial charge in [0.05, 0.1) is 9.49 Å². The van der Waals surface area contributed by atoms with Crippen molar-refractivity contribution in [3.05, 3.63) is 134 Å². The molecular formula is C35H24F6OS2. The van der Waals surface area contributed by atoms with E-state index in [0.717, 1.165) is 11.1 Å². The minimum atomic E-state index is -5.60. The Kier molecular flexibility index (Phi) is 6.19. The summed E-state index contributed by atoms with van der Waals surface area (Å²) in [6, 6.07) is 16.4. The molecule has 3 aliphatic carbocycles. The van der Waals surface area contributed by atoms with Gasteiger partial charge in [-0.25, -0.2) is 0 Å². The highest BCUT2D eigenvalue weighted by atomic mass is 32.2. The second-order valence-corrected chi connectivity index (χ2v) is 14.8. The van der Waals surface area contributed by atoms with Gasteiger partial charge in [0.25, 0.3) is 0 Å². The monoisotopic (exact) mass is 638 g/mol. The lowest BCUT2D eigenvalue weighted by Gasteiger charge is -2.47. The maximum atomic E-state index is 15.6. The molecule has 0 spiro atoms. The average Bonchev–Trinajstić information content (AvgIpc) is 3.52. The van der Waals surface area contributed by atoms with Gasteiger partial charge in [0, 0.05) is 21.6 Å². The van der Waals surface area contributed by atoms with Crippen LogP contribution in [-0.2, 0) is 4.79 Å². The highest BCUT2D eigenvalue weighted by molar-refractivity contribution is 8.09. The highest BCUT2D eigenvalue weighted by Crippen LogP contribution is 2.74. The number of halogens is 6. The van der Waals surface area contributed by atoms with Crippen LogP contribution >= 0.6 is 23.5 Å². The van der Waals surface area contributed by atoms with Crippen LogP contribution in [0.1, 0.15) is 37.5 Å². The Labute approximate surface area is 258 Å². The Hall–Kier alpha value is -3.43. The zero-order valence-electron chi connectivity index (χ0n) is 23.7. The predicted octanol–water partition coefficient (Wildman–Crippen LogP) is 10.1. The summed E-state index contributed by atoms with van der Waals surface area (Å²) in [6.07, 6.45) is 9.30. The van der Waals surface area contributed by atoms with Gasteiger partial charge in [0.1, 0.15) is 0 Å². The van der Waals surface area contributed by atoms with Crippen LogP contribution in [0.15, 0.2) is 117 Å². The van der Waals surface area contributed by atoms with Crippen LogP contribution in [0.25, 0.3) is 17.2 Å². The van der Waals surface area contributed by atoms with Crippen LogP contribution < -0.4 is 0 Å². The van der Waals surface area contributed by atoms with Crippen LogP contribution in [0, 0.1) is 0 Å². The quantitative estimate of drug-likeness (QED) is 0.246. The van der Waals surface area contributed by atoms with Crippen molar-refractivity contribution >= 4 is 46.5 Å². The van der Waals surface area contributed by atoms with E-state index in [-0.39, 0.29) is 16.9 Å². The molecule has 0 saturated heterocycles. The van der Waals surface area contributed by atoms with Gasteiger partial charge in [0.15, 0.2) is 5.78 Å². The summed E-state index contributed by atoms with van der Waals surface area (Å²) in [5.74, 6) is -16.0. The molecular weight excluding hydrogens is 615 g/mol. The third kappa shape index (κ3) is 3.62. The number of thioether (sulfide) groups is 2. The van der Waals surface area contributed by atoms with Gasteiger partial charge < -0.3 is 0 Å². The Balaban J connectivity index is 1.48. The van der Waals surface area contributed by atoms with E-state index in [4.69, 9.17) is 0 Å². The normalized spacial score (nSPS) is 30.2. The second-order valence-electron chi connectivity index (χ2n) is 11.6. The molecule has 7 rings (SSSR count). The molecule has 0 N–H and O–H groups in total. The first-order chi connectivity index (χ1) is 20.6. The van der Waals surface area contributed by atoms with Gasteiger partial charge in [-0.2, -0.15) is 26.3 Å². The number of hydrogen-bond donors (Lipinski definition) is 0. The number of alkyl halides is 6. The van der Waals surface area contributed by atoms with E-state index in [0.29, 0.717) is 26.5 Å². The third-order valence-corrected chi connectivity index (χ3v) is 12.3. The molecule has 1 nitrogen and oxygen atoms in total. The van der Waals surface area contributed by atoms with Crippen molar-refractivity contribution < 1.29 is 31.1 Å². The average molecular weight is 639 g/mol. The number of benzene rings is 2. The Bertz CT molecular complexity index is 1890. The molecule has 5 aliphatic rings. The zero-order valence-corrected chi connectivity index (χ0v) is 25.3. The van der Waals surface area contributed by atoms with E-state index in [1.165, 1.54) is 41.8 Å². The van der Waals surface area contributed by atoms with Gasteiger partial charge in [0.2, 0.25) is 0 Å². The number of carbonyl (C=O) groups excluding carboxylic acids is 1. The van der Waals surface area contributed by atoms with Crippen molar-refractivity contribution in [2.75, 3.05) is 0 Å². The molecule has 224 valence electrons. The first-order valence-electron chi connectivity index (χ1n) is 13.9. The van der Waals surface area contributed by atoms with Crippen LogP contribution in [0.5, 0.6) is 0 Å². The molecule has 1 fully saturated rings. The fourth-order valence-electron chi connectivity index (χ4n) is 6.77. The Morgan fingerprint density at radius 2 is 1.34 bits per heavy atom. The van der Waals surface area contributed by atoms with Gasteiger partial charge >= 0.3 is 17.8 Å². The molecule has 44 heavy (non-hydrogen) atoms. The molecule has 0 amide bonds. The molecule has 9 heteroatoms. The first-order valence-corrected chi connectivity index (χ1v) is 15.5. The van der Waals surface area contributed by atoms with Crippen molar-refractivity contribution in [1.29, 1.82) is 0 Å². The second kappa shape index (κ2) is 9.30. The van der Waals surface area contributed by atoms with Crippen LogP contribution in [0.4, 0.5) is 26.3 Å². The smallest absolute Gasteiger partial charge is 0.289 e. The number of allylic oxidation sites excluding steroid dienone is 10. The van der Waals surface area contributed by atoms with Gasteiger partial charge in [-0.15, -0.1) is 23.5 Å². The summed E-state index contributed by atoms with van der Waals surface area (Å²) < 4.78 is 89.5. The van der Waals surface area contributed by atoms with E-state index in [2.05, 4.69) is 0 Å². The van der Waals surface area contributed by atoms with Gasteiger partial charge in [-0.1, -0.05) is 66.7 Å². The van der Waals surface area contributed by atoms with Crippen molar-refractivity contribution in [2.24, 2.45) is 0 Å². The molecule has 2 aromatic rings. The molecule has 2 aromatic carbocycles. The number of carbonyl (C=O) groups is 1.